The monoisotopic (exact) mass is 285 g/mol. The minimum absolute atomic E-state index is 0.527. The van der Waals surface area contributed by atoms with Gasteiger partial charge < -0.3 is 10.6 Å². The van der Waals surface area contributed by atoms with Crippen molar-refractivity contribution in [2.24, 2.45) is 0 Å². The maximum absolute atomic E-state index is 4.57. The number of rotatable bonds is 5. The van der Waals surface area contributed by atoms with Crippen LogP contribution in [0.3, 0.4) is 0 Å². The molecule has 21 heavy (non-hydrogen) atoms. The maximum Gasteiger partial charge on any atom is 0.224 e. The number of likely N-dealkylation sites (tertiary alicyclic amines) is 1. The number of benzene rings is 1. The molecule has 3 rings (SSSR count). The fraction of sp³-hybridized carbons (Fsp3) is 0.500. The molecule has 0 radical (unpaired) electrons. The van der Waals surface area contributed by atoms with Crippen LogP contribution < -0.4 is 10.6 Å². The van der Waals surface area contributed by atoms with Crippen LogP contribution in [0.15, 0.2) is 24.3 Å². The Kier molecular flexibility index (Phi) is 4.20. The Morgan fingerprint density at radius 2 is 1.95 bits per heavy atom. The number of aromatic nitrogens is 2. The molecular formula is C16H23N5. The normalized spacial score (nSPS) is 17.0. The second-order valence-electron chi connectivity index (χ2n) is 5.64. The molecule has 0 aliphatic carbocycles. The van der Waals surface area contributed by atoms with Gasteiger partial charge in [-0.2, -0.15) is 4.98 Å². The highest BCUT2D eigenvalue weighted by atomic mass is 15.2. The van der Waals surface area contributed by atoms with Crippen molar-refractivity contribution < 1.29 is 0 Å². The van der Waals surface area contributed by atoms with Crippen LogP contribution in [0.5, 0.6) is 0 Å². The highest BCUT2D eigenvalue weighted by Gasteiger charge is 2.18. The van der Waals surface area contributed by atoms with E-state index in [0.717, 1.165) is 23.3 Å². The number of hydrogen-bond acceptors (Lipinski definition) is 5. The molecule has 1 saturated heterocycles. The van der Waals surface area contributed by atoms with Gasteiger partial charge in [0.2, 0.25) is 5.95 Å². The molecular weight excluding hydrogens is 262 g/mol. The highest BCUT2D eigenvalue weighted by Crippen LogP contribution is 2.22. The van der Waals surface area contributed by atoms with Gasteiger partial charge in [0, 0.05) is 25.0 Å². The second-order valence-corrected chi connectivity index (χ2v) is 5.64. The van der Waals surface area contributed by atoms with E-state index in [-0.39, 0.29) is 0 Å². The first-order valence-corrected chi connectivity index (χ1v) is 7.70. The van der Waals surface area contributed by atoms with Crippen molar-refractivity contribution in [3.05, 3.63) is 24.3 Å². The Bertz CT molecular complexity index is 607. The predicted molar refractivity (Wildman–Crippen MR) is 87.8 cm³/mol. The minimum atomic E-state index is 0.527. The number of nitrogens with zero attached hydrogens (tertiary/aromatic N) is 3. The zero-order valence-electron chi connectivity index (χ0n) is 12.8. The van der Waals surface area contributed by atoms with Gasteiger partial charge in [-0.15, -0.1) is 0 Å². The number of anilines is 2. The fourth-order valence-electron chi connectivity index (χ4n) is 2.88. The molecule has 0 bridgehead atoms. The zero-order chi connectivity index (χ0) is 14.7. The quantitative estimate of drug-likeness (QED) is 0.884. The van der Waals surface area contributed by atoms with Crippen LogP contribution in [0, 0.1) is 0 Å². The van der Waals surface area contributed by atoms with E-state index in [1.54, 1.807) is 0 Å². The molecule has 2 N–H and O–H groups in total. The van der Waals surface area contributed by atoms with Crippen molar-refractivity contribution >= 4 is 22.7 Å². The summed E-state index contributed by atoms with van der Waals surface area (Å²) in [6.07, 6.45) is 2.65. The van der Waals surface area contributed by atoms with Gasteiger partial charge in [-0.25, -0.2) is 4.98 Å². The molecule has 1 aromatic heterocycles. The van der Waals surface area contributed by atoms with E-state index in [0.29, 0.717) is 12.0 Å². The average molecular weight is 285 g/mol. The summed E-state index contributed by atoms with van der Waals surface area (Å²) in [5, 5.41) is 7.61. The number of hydrogen-bond donors (Lipinski definition) is 2. The third-order valence-electron chi connectivity index (χ3n) is 4.16. The molecule has 0 saturated carbocycles. The summed E-state index contributed by atoms with van der Waals surface area (Å²) >= 11 is 0. The van der Waals surface area contributed by atoms with E-state index < -0.39 is 0 Å². The summed E-state index contributed by atoms with van der Waals surface area (Å²) in [7, 11) is 1.85. The summed E-state index contributed by atoms with van der Waals surface area (Å²) in [5.74, 6) is 1.57. The molecule has 5 nitrogen and oxygen atoms in total. The van der Waals surface area contributed by atoms with E-state index in [2.05, 4.69) is 38.5 Å². The first kappa shape index (κ1) is 14.1. The van der Waals surface area contributed by atoms with Crippen molar-refractivity contribution in [2.45, 2.75) is 25.8 Å². The molecule has 1 unspecified atom stereocenters. The Morgan fingerprint density at radius 1 is 1.19 bits per heavy atom. The molecule has 1 fully saturated rings. The molecule has 1 aliphatic rings. The van der Waals surface area contributed by atoms with Gasteiger partial charge in [-0.05, 0) is 45.0 Å². The van der Waals surface area contributed by atoms with Crippen molar-refractivity contribution in [2.75, 3.05) is 37.3 Å². The Morgan fingerprint density at radius 3 is 2.71 bits per heavy atom. The predicted octanol–water partition coefficient (Wildman–Crippen LogP) is 2.57. The minimum Gasteiger partial charge on any atom is -0.368 e. The van der Waals surface area contributed by atoms with Crippen molar-refractivity contribution in [3.8, 4) is 0 Å². The van der Waals surface area contributed by atoms with Crippen molar-refractivity contribution in [1.29, 1.82) is 0 Å². The van der Waals surface area contributed by atoms with E-state index >= 15 is 0 Å². The van der Waals surface area contributed by atoms with E-state index in [9.17, 15) is 0 Å². The van der Waals surface area contributed by atoms with E-state index in [1.165, 1.54) is 25.9 Å². The third-order valence-corrected chi connectivity index (χ3v) is 4.16. The summed E-state index contributed by atoms with van der Waals surface area (Å²) < 4.78 is 0. The lowest BCUT2D eigenvalue weighted by Gasteiger charge is -2.24. The third kappa shape index (κ3) is 3.08. The fourth-order valence-corrected chi connectivity index (χ4v) is 2.88. The molecule has 1 aliphatic heterocycles. The Hall–Kier alpha value is -1.88. The van der Waals surface area contributed by atoms with Gasteiger partial charge in [0.05, 0.1) is 5.52 Å². The van der Waals surface area contributed by atoms with Crippen LogP contribution in [0.4, 0.5) is 11.8 Å². The van der Waals surface area contributed by atoms with Crippen molar-refractivity contribution in [1.82, 2.24) is 14.9 Å². The molecule has 0 amide bonds. The molecule has 2 aromatic rings. The van der Waals surface area contributed by atoms with Crippen LogP contribution in [0.1, 0.15) is 19.8 Å². The Labute approximate surface area is 125 Å². The second kappa shape index (κ2) is 6.26. The smallest absolute Gasteiger partial charge is 0.224 e. The summed E-state index contributed by atoms with van der Waals surface area (Å²) in [6.45, 7) is 5.62. The lowest BCUT2D eigenvalue weighted by atomic mass is 10.2. The van der Waals surface area contributed by atoms with E-state index in [4.69, 9.17) is 0 Å². The van der Waals surface area contributed by atoms with Gasteiger partial charge in [0.15, 0.2) is 0 Å². The number of fused-ring (bicyclic) bond motifs is 1. The summed E-state index contributed by atoms with van der Waals surface area (Å²) in [4.78, 5) is 11.6. The largest absolute Gasteiger partial charge is 0.368 e. The van der Waals surface area contributed by atoms with Gasteiger partial charge in [-0.1, -0.05) is 12.1 Å². The van der Waals surface area contributed by atoms with Crippen LogP contribution in [-0.4, -0.2) is 47.6 Å². The zero-order valence-corrected chi connectivity index (χ0v) is 12.8. The van der Waals surface area contributed by atoms with Gasteiger partial charge in [-0.3, -0.25) is 4.90 Å². The number of para-hydroxylation sites is 1. The first-order chi connectivity index (χ1) is 10.3. The standard InChI is InChI=1S/C16H23N5/c1-12(21-9-5-6-10-21)11-18-15-13-7-3-4-8-14(13)19-16(17-2)20-15/h3-4,7-8,12H,5-6,9-11H2,1-2H3,(H2,17,18,19,20). The molecule has 1 atom stereocenters. The summed E-state index contributed by atoms with van der Waals surface area (Å²) in [6, 6.07) is 8.65. The van der Waals surface area contributed by atoms with E-state index in [1.807, 2.05) is 25.2 Å². The van der Waals surface area contributed by atoms with Crippen LogP contribution in [-0.2, 0) is 0 Å². The van der Waals surface area contributed by atoms with Crippen molar-refractivity contribution in [3.63, 3.8) is 0 Å². The van der Waals surface area contributed by atoms with Gasteiger partial charge >= 0.3 is 0 Å². The van der Waals surface area contributed by atoms with Crippen LogP contribution in [0.2, 0.25) is 0 Å². The first-order valence-electron chi connectivity index (χ1n) is 7.70. The van der Waals surface area contributed by atoms with Crippen LogP contribution in [0.25, 0.3) is 10.9 Å². The molecule has 112 valence electrons. The lowest BCUT2D eigenvalue weighted by molar-refractivity contribution is 0.269. The molecule has 5 heteroatoms. The van der Waals surface area contributed by atoms with Gasteiger partial charge in [0.25, 0.3) is 0 Å². The Balaban J connectivity index is 1.79. The average Bonchev–Trinajstić information content (AvgIpc) is 3.06. The number of nitrogens with one attached hydrogen (secondary N) is 2. The topological polar surface area (TPSA) is 53.1 Å². The molecule has 1 aromatic carbocycles. The van der Waals surface area contributed by atoms with Crippen LogP contribution >= 0.6 is 0 Å². The lowest BCUT2D eigenvalue weighted by Crippen LogP contribution is -2.35. The molecule has 2 heterocycles. The van der Waals surface area contributed by atoms with Gasteiger partial charge in [0.1, 0.15) is 5.82 Å². The SMILES string of the molecule is CNc1nc(NCC(C)N2CCCC2)c2ccccc2n1. The summed E-state index contributed by atoms with van der Waals surface area (Å²) in [5.41, 5.74) is 0.966. The maximum atomic E-state index is 4.57. The molecule has 0 spiro atoms. The highest BCUT2D eigenvalue weighted by molar-refractivity contribution is 5.89.